The van der Waals surface area contributed by atoms with Gasteiger partial charge in [-0.1, -0.05) is 330 Å². The van der Waals surface area contributed by atoms with Gasteiger partial charge in [0.1, 0.15) is 13.2 Å². The van der Waals surface area contributed by atoms with Crippen LogP contribution in [0.5, 0.6) is 0 Å². The molecule has 0 saturated heterocycles. The lowest BCUT2D eigenvalue weighted by Crippen LogP contribution is -2.30. The molecule has 0 bridgehead atoms. The van der Waals surface area contributed by atoms with Gasteiger partial charge in [-0.3, -0.25) is 14.4 Å². The molecule has 0 fully saturated rings. The molecule has 0 N–H and O–H groups in total. The minimum absolute atomic E-state index is 0.0619. The summed E-state index contributed by atoms with van der Waals surface area (Å²) in [6, 6.07) is 0. The number of esters is 3. The number of carbonyl (C=O) groups excluding carboxylic acids is 3. The van der Waals surface area contributed by atoms with Gasteiger partial charge in [0, 0.05) is 19.3 Å². The lowest BCUT2D eigenvalue weighted by atomic mass is 10.0. The van der Waals surface area contributed by atoms with E-state index in [0.29, 0.717) is 19.3 Å². The van der Waals surface area contributed by atoms with Gasteiger partial charge in [-0.05, 0) is 31.1 Å². The summed E-state index contributed by atoms with van der Waals surface area (Å²) in [5.74, 6) is 0.856. The predicted molar refractivity (Wildman–Crippen MR) is 307 cm³/mol. The smallest absolute Gasteiger partial charge is 0.306 e. The summed E-state index contributed by atoms with van der Waals surface area (Å²) >= 11 is 0. The van der Waals surface area contributed by atoms with E-state index < -0.39 is 6.10 Å². The van der Waals surface area contributed by atoms with Crippen molar-refractivity contribution in [3.63, 3.8) is 0 Å². The molecule has 0 aromatic carbocycles. The molecule has 0 unspecified atom stereocenters. The van der Waals surface area contributed by atoms with Crippen molar-refractivity contribution in [1.82, 2.24) is 0 Å². The van der Waals surface area contributed by atoms with Crippen molar-refractivity contribution in [3.8, 4) is 0 Å². The topological polar surface area (TPSA) is 78.9 Å². The maximum Gasteiger partial charge on any atom is 0.306 e. The van der Waals surface area contributed by atoms with E-state index >= 15 is 0 Å². The van der Waals surface area contributed by atoms with E-state index in [4.69, 9.17) is 14.2 Å². The van der Waals surface area contributed by atoms with Gasteiger partial charge in [-0.25, -0.2) is 0 Å². The summed E-state index contributed by atoms with van der Waals surface area (Å²) in [6.07, 6.45) is 63.9. The number of hydrogen-bond donors (Lipinski definition) is 0. The zero-order valence-corrected chi connectivity index (χ0v) is 48.9. The Morgan fingerprint density at radius 1 is 0.268 bits per heavy atom. The van der Waals surface area contributed by atoms with E-state index in [2.05, 4.69) is 34.6 Å². The Morgan fingerprint density at radius 2 is 0.465 bits per heavy atom. The Morgan fingerprint density at radius 3 is 0.690 bits per heavy atom. The van der Waals surface area contributed by atoms with Gasteiger partial charge in [0.25, 0.3) is 0 Å². The molecule has 6 nitrogen and oxygen atoms in total. The fraction of sp³-hybridized carbons (Fsp3) is 0.954. The third-order valence-electron chi connectivity index (χ3n) is 15.0. The number of carbonyl (C=O) groups is 3. The van der Waals surface area contributed by atoms with Gasteiger partial charge in [-0.15, -0.1) is 0 Å². The van der Waals surface area contributed by atoms with Crippen LogP contribution in [0.25, 0.3) is 0 Å². The molecule has 0 rings (SSSR count). The molecule has 0 heterocycles. The van der Waals surface area contributed by atoms with Crippen molar-refractivity contribution in [2.45, 2.75) is 375 Å². The van der Waals surface area contributed by atoms with E-state index in [0.717, 1.165) is 69.6 Å². The van der Waals surface area contributed by atoms with Crippen LogP contribution in [0.3, 0.4) is 0 Å². The average molecular weight is 1000 g/mol. The first kappa shape index (κ1) is 69.4. The van der Waals surface area contributed by atoms with Crippen LogP contribution in [0, 0.1) is 11.8 Å². The molecule has 0 aromatic rings. The molecular weight excluding hydrogens is 877 g/mol. The average Bonchev–Trinajstić information content (AvgIpc) is 3.35. The molecule has 0 aromatic heterocycles. The van der Waals surface area contributed by atoms with E-state index in [1.54, 1.807) is 0 Å². The lowest BCUT2D eigenvalue weighted by Gasteiger charge is -2.18. The highest BCUT2D eigenvalue weighted by atomic mass is 16.6. The maximum atomic E-state index is 12.9. The molecule has 0 spiro atoms. The van der Waals surface area contributed by atoms with Crippen LogP contribution in [0.2, 0.25) is 0 Å². The normalized spacial score (nSPS) is 12.0. The maximum absolute atomic E-state index is 12.9. The van der Waals surface area contributed by atoms with Gasteiger partial charge < -0.3 is 14.2 Å². The first-order valence-electron chi connectivity index (χ1n) is 32.2. The summed E-state index contributed by atoms with van der Waals surface area (Å²) in [7, 11) is 0. The SMILES string of the molecule is CCCCCCCCCCCCCCCCCCCCCC(=O)O[C@@H](COC(=O)CCCCCCCCCCCCCCCCCCC(C)C)COC(=O)CCCCCCCCCCCCCCC(C)C. The van der Waals surface area contributed by atoms with E-state index in [9.17, 15) is 14.4 Å². The lowest BCUT2D eigenvalue weighted by molar-refractivity contribution is -0.167. The standard InChI is InChI=1S/C65H126O6/c1-6-7-8-9-10-11-12-13-14-15-16-17-22-25-32-37-42-47-52-57-65(68)71-62(59-70-64(67)56-51-46-41-36-31-27-26-29-34-39-44-49-54-61(4)5)58-69-63(66)55-50-45-40-35-30-24-21-19-18-20-23-28-33-38-43-48-53-60(2)3/h60-62H,6-59H2,1-5H3/t62-/m0/s1. The van der Waals surface area contributed by atoms with E-state index in [-0.39, 0.29) is 31.1 Å². The summed E-state index contributed by atoms with van der Waals surface area (Å²) in [4.78, 5) is 38.3. The molecule has 0 aliphatic carbocycles. The van der Waals surface area contributed by atoms with E-state index in [1.807, 2.05) is 0 Å². The van der Waals surface area contributed by atoms with Gasteiger partial charge >= 0.3 is 17.9 Å². The Bertz CT molecular complexity index is 1090. The van der Waals surface area contributed by atoms with Crippen LogP contribution in [0.15, 0.2) is 0 Å². The number of unbranched alkanes of at least 4 members (excludes halogenated alkanes) is 44. The van der Waals surface area contributed by atoms with Crippen LogP contribution >= 0.6 is 0 Å². The zero-order chi connectivity index (χ0) is 51.8. The Labute approximate surface area is 444 Å². The third-order valence-corrected chi connectivity index (χ3v) is 15.0. The van der Waals surface area contributed by atoms with Gasteiger partial charge in [0.15, 0.2) is 6.10 Å². The summed E-state index contributed by atoms with van der Waals surface area (Å²) in [6.45, 7) is 11.5. The van der Waals surface area contributed by atoms with Crippen molar-refractivity contribution in [1.29, 1.82) is 0 Å². The Hall–Kier alpha value is -1.59. The second kappa shape index (κ2) is 57.7. The summed E-state index contributed by atoms with van der Waals surface area (Å²) in [5.41, 5.74) is 0. The van der Waals surface area contributed by atoms with Gasteiger partial charge in [-0.2, -0.15) is 0 Å². The highest BCUT2D eigenvalue weighted by Crippen LogP contribution is 2.19. The second-order valence-corrected chi connectivity index (χ2v) is 23.4. The molecule has 0 amide bonds. The van der Waals surface area contributed by atoms with Crippen LogP contribution in [-0.2, 0) is 28.6 Å². The molecule has 1 atom stereocenters. The number of rotatable bonds is 59. The van der Waals surface area contributed by atoms with Crippen molar-refractivity contribution in [2.75, 3.05) is 13.2 Å². The number of hydrogen-bond acceptors (Lipinski definition) is 6. The molecule has 422 valence electrons. The molecular formula is C65H126O6. The first-order valence-corrected chi connectivity index (χ1v) is 32.2. The van der Waals surface area contributed by atoms with E-state index in [1.165, 1.54) is 257 Å². The van der Waals surface area contributed by atoms with Gasteiger partial charge in [0.2, 0.25) is 0 Å². The highest BCUT2D eigenvalue weighted by Gasteiger charge is 2.19. The molecule has 71 heavy (non-hydrogen) atoms. The summed E-state index contributed by atoms with van der Waals surface area (Å²) in [5, 5.41) is 0. The Kier molecular flexibility index (Phi) is 56.4. The van der Waals surface area contributed by atoms with Crippen LogP contribution in [-0.4, -0.2) is 37.2 Å². The fourth-order valence-corrected chi connectivity index (χ4v) is 10.1. The Balaban J connectivity index is 4.28. The quantitative estimate of drug-likeness (QED) is 0.0343. The highest BCUT2D eigenvalue weighted by molar-refractivity contribution is 5.71. The van der Waals surface area contributed by atoms with Crippen LogP contribution in [0.1, 0.15) is 369 Å². The minimum atomic E-state index is -0.764. The molecule has 0 aliphatic rings. The minimum Gasteiger partial charge on any atom is -0.462 e. The zero-order valence-electron chi connectivity index (χ0n) is 48.9. The molecule has 0 saturated carbocycles. The fourth-order valence-electron chi connectivity index (χ4n) is 10.1. The number of ether oxygens (including phenoxy) is 3. The van der Waals surface area contributed by atoms with Crippen molar-refractivity contribution >= 4 is 17.9 Å². The van der Waals surface area contributed by atoms with Crippen molar-refractivity contribution in [3.05, 3.63) is 0 Å². The second-order valence-electron chi connectivity index (χ2n) is 23.4. The summed E-state index contributed by atoms with van der Waals surface area (Å²) < 4.78 is 17.0. The van der Waals surface area contributed by atoms with Crippen molar-refractivity contribution in [2.24, 2.45) is 11.8 Å². The molecule has 0 aliphatic heterocycles. The van der Waals surface area contributed by atoms with Gasteiger partial charge in [0.05, 0.1) is 0 Å². The van der Waals surface area contributed by atoms with Crippen LogP contribution in [0.4, 0.5) is 0 Å². The largest absolute Gasteiger partial charge is 0.462 e. The van der Waals surface area contributed by atoms with Crippen molar-refractivity contribution < 1.29 is 28.6 Å². The monoisotopic (exact) mass is 1000 g/mol. The first-order chi connectivity index (χ1) is 34.7. The van der Waals surface area contributed by atoms with Crippen LogP contribution < -0.4 is 0 Å². The predicted octanol–water partition coefficient (Wildman–Crippen LogP) is 21.6. The molecule has 6 heteroatoms. The molecule has 0 radical (unpaired) electrons. The third kappa shape index (κ3) is 59.2.